The summed E-state index contributed by atoms with van der Waals surface area (Å²) in [5, 5.41) is 0. The minimum Gasteiger partial charge on any atom is -0.324 e. The lowest BCUT2D eigenvalue weighted by Crippen LogP contribution is -2.29. The lowest BCUT2D eigenvalue weighted by molar-refractivity contribution is 0.406. The molecule has 1 nitrogen and oxygen atoms in total. The molecule has 0 spiro atoms. The summed E-state index contributed by atoms with van der Waals surface area (Å²) in [6.45, 7) is 2.89. The number of nitrogens with two attached hydrogens (primary N) is 1. The Morgan fingerprint density at radius 2 is 2.56 bits per heavy atom. The van der Waals surface area contributed by atoms with Crippen LogP contribution in [-0.4, -0.2) is 6.02 Å². The Morgan fingerprint density at radius 3 is 3.22 bits per heavy atom. The molecule has 52 valence electrons. The zero-order valence-corrected chi connectivity index (χ0v) is 5.68. The minimum atomic E-state index is -1.98. The van der Waals surface area contributed by atoms with Crippen LogP contribution in [0, 0.1) is 11.8 Å². The summed E-state index contributed by atoms with van der Waals surface area (Å²) in [5.74, 6) is -2.36. The molecule has 9 heavy (non-hydrogen) atoms. The average Bonchev–Trinajstić information content (AvgIpc) is 2.10. The van der Waals surface area contributed by atoms with Gasteiger partial charge in [0.25, 0.3) is 0 Å². The van der Waals surface area contributed by atoms with Crippen molar-refractivity contribution in [3.05, 3.63) is 12.2 Å². The van der Waals surface area contributed by atoms with Gasteiger partial charge in [-0.3, -0.25) is 0 Å². The monoisotopic (exact) mass is 131 g/mol. The van der Waals surface area contributed by atoms with Crippen LogP contribution in [-0.2, 0) is 0 Å². The van der Waals surface area contributed by atoms with E-state index in [9.17, 15) is 0 Å². The van der Waals surface area contributed by atoms with Gasteiger partial charge in [0.05, 0.1) is 1.37 Å². The lowest BCUT2D eigenvalue weighted by atomic mass is 9.86. The van der Waals surface area contributed by atoms with E-state index >= 15 is 0 Å². The standard InChI is InChI=1S/C8H15N/c1-6-3-4-8(9)7(2)5-6/h3-4,6-8H,5,9H2,1-2H3/i5D2,7D,8D/hD2. The summed E-state index contributed by atoms with van der Waals surface area (Å²) < 4.78 is 45.7. The van der Waals surface area contributed by atoms with Crippen molar-refractivity contribution in [2.75, 3.05) is 0 Å². The van der Waals surface area contributed by atoms with Crippen LogP contribution in [0.25, 0.3) is 0 Å². The topological polar surface area (TPSA) is 26.0 Å². The van der Waals surface area contributed by atoms with Crippen molar-refractivity contribution >= 4 is 0 Å². The molecule has 1 rings (SSSR count). The Bertz CT molecular complexity index is 287. The summed E-state index contributed by atoms with van der Waals surface area (Å²) in [4.78, 5) is 0. The number of rotatable bonds is 1. The number of hydrogen-bond donors (Lipinski definition) is 1. The molecule has 0 aromatic carbocycles. The molecule has 1 heteroatoms. The van der Waals surface area contributed by atoms with Gasteiger partial charge in [0, 0.05) is 10.1 Å². The first-order chi connectivity index (χ1) is 6.57. The molecule has 0 saturated carbocycles. The highest BCUT2D eigenvalue weighted by atomic mass is 14.6. The summed E-state index contributed by atoms with van der Waals surface area (Å²) in [6.07, 6.45) is 0.773. The second-order valence-corrected chi connectivity index (χ2v) is 2.30. The maximum absolute atomic E-state index is 7.95. The Morgan fingerprint density at radius 1 is 1.78 bits per heavy atom. The Labute approximate surface area is 65.5 Å². The first kappa shape index (κ1) is 2.39. The highest BCUT2D eigenvalue weighted by Crippen LogP contribution is 2.20. The van der Waals surface area contributed by atoms with Crippen molar-refractivity contribution in [2.24, 2.45) is 17.5 Å². The molecule has 0 aliphatic heterocycles. The van der Waals surface area contributed by atoms with Crippen LogP contribution in [0.15, 0.2) is 12.2 Å². The van der Waals surface area contributed by atoms with Gasteiger partial charge in [0.15, 0.2) is 0 Å². The molecule has 1 aliphatic rings. The van der Waals surface area contributed by atoms with E-state index in [1.165, 1.54) is 19.1 Å². The van der Waals surface area contributed by atoms with E-state index in [1.54, 1.807) is 6.92 Å². The minimum absolute atomic E-state index is 0.0835. The summed E-state index contributed by atoms with van der Waals surface area (Å²) in [7, 11) is 0. The van der Waals surface area contributed by atoms with Gasteiger partial charge in [-0.2, -0.15) is 0 Å². The van der Waals surface area contributed by atoms with Crippen LogP contribution in [0.2, 0.25) is 2.82 Å². The normalized spacial score (nSPS) is 75.2. The van der Waals surface area contributed by atoms with Gasteiger partial charge in [-0.25, -0.2) is 0 Å². The van der Waals surface area contributed by atoms with E-state index in [-0.39, 0.29) is 5.72 Å². The van der Waals surface area contributed by atoms with Gasteiger partial charge in [0.1, 0.15) is 2.82 Å². The molecule has 0 bridgehead atoms. The smallest absolute Gasteiger partial charge is 0.119 e. The van der Waals surface area contributed by atoms with E-state index in [0.717, 1.165) is 0 Å². The molecule has 1 aliphatic carbocycles. The molecular weight excluding hydrogens is 110 g/mol. The molecule has 0 amide bonds. The maximum atomic E-state index is 7.95. The molecule has 0 aromatic rings. The van der Waals surface area contributed by atoms with Crippen LogP contribution < -0.4 is 5.72 Å². The summed E-state index contributed by atoms with van der Waals surface area (Å²) in [6, 6.07) is -1.98. The van der Waals surface area contributed by atoms with Gasteiger partial charge < -0.3 is 5.72 Å². The Hall–Kier alpha value is -0.300. The zero-order chi connectivity index (χ0) is 12.1. The molecule has 0 fully saturated rings. The van der Waals surface area contributed by atoms with Gasteiger partial charge in [0.2, 0.25) is 0 Å². The fourth-order valence-corrected chi connectivity index (χ4v) is 0.824. The van der Waals surface area contributed by atoms with Crippen LogP contribution in [0.1, 0.15) is 25.7 Å². The van der Waals surface area contributed by atoms with E-state index in [2.05, 4.69) is 0 Å². The predicted octanol–water partition coefficient (Wildman–Crippen LogP) is 1.55. The average molecular weight is 131 g/mol. The van der Waals surface area contributed by atoms with Crippen LogP contribution in [0.4, 0.5) is 0 Å². The second kappa shape index (κ2) is 2.53. The number of allylic oxidation sites excluding steroid dienone is 1. The first-order valence-electron chi connectivity index (χ1n) is 5.94. The fraction of sp³-hybridized carbons (Fsp3) is 0.750. The third kappa shape index (κ3) is 1.55. The summed E-state index contributed by atoms with van der Waals surface area (Å²) >= 11 is 0. The van der Waals surface area contributed by atoms with Crippen molar-refractivity contribution < 1.29 is 8.31 Å². The molecule has 3 unspecified atom stereocenters. The fourth-order valence-electron chi connectivity index (χ4n) is 0.824. The first-order valence-corrected chi connectivity index (χ1v) is 3.04. The molecule has 2 N–H and O–H groups in total. The third-order valence-electron chi connectivity index (χ3n) is 1.37. The Balaban J connectivity index is 3.31. The SMILES string of the molecule is [2H]N([2H])C1([2H])C=CC(C)C([2H])([2H])C1([2H])C. The molecular formula is C8H15N. The van der Waals surface area contributed by atoms with Gasteiger partial charge in [-0.1, -0.05) is 26.0 Å². The van der Waals surface area contributed by atoms with Gasteiger partial charge in [-0.15, -0.1) is 0 Å². The van der Waals surface area contributed by atoms with Crippen LogP contribution in [0.5, 0.6) is 0 Å². The van der Waals surface area contributed by atoms with E-state index in [1.807, 2.05) is 0 Å². The molecule has 0 aromatic heterocycles. The maximum Gasteiger partial charge on any atom is 0.119 e. The van der Waals surface area contributed by atoms with Crippen LogP contribution in [0.3, 0.4) is 0 Å². The quantitative estimate of drug-likeness (QED) is 0.537. The summed E-state index contributed by atoms with van der Waals surface area (Å²) in [5.41, 5.74) is 0.0835. The lowest BCUT2D eigenvalue weighted by Gasteiger charge is -2.23. The zero-order valence-electron chi connectivity index (χ0n) is 11.7. The van der Waals surface area contributed by atoms with Crippen LogP contribution >= 0.6 is 0 Å². The highest BCUT2D eigenvalue weighted by Gasteiger charge is 2.16. The van der Waals surface area contributed by atoms with Crippen molar-refractivity contribution in [1.82, 2.24) is 0 Å². The number of hydrogen-bond acceptors (Lipinski definition) is 1. The second-order valence-electron chi connectivity index (χ2n) is 2.30. The van der Waals surface area contributed by atoms with Crippen molar-refractivity contribution in [2.45, 2.75) is 26.2 Å². The molecule has 0 saturated heterocycles. The van der Waals surface area contributed by atoms with Crippen molar-refractivity contribution in [1.29, 1.82) is 0 Å². The Kier molecular flexibility index (Phi) is 0.670. The predicted molar refractivity (Wildman–Crippen MR) is 40.1 cm³/mol. The van der Waals surface area contributed by atoms with Gasteiger partial charge >= 0.3 is 0 Å². The van der Waals surface area contributed by atoms with E-state index in [0.29, 0.717) is 0 Å². The third-order valence-corrected chi connectivity index (χ3v) is 1.37. The molecule has 0 radical (unpaired) electrons. The highest BCUT2D eigenvalue weighted by molar-refractivity contribution is 5.01. The van der Waals surface area contributed by atoms with E-state index in [4.69, 9.17) is 8.31 Å². The van der Waals surface area contributed by atoms with Crippen molar-refractivity contribution in [3.63, 3.8) is 0 Å². The van der Waals surface area contributed by atoms with E-state index < -0.39 is 24.2 Å². The molecule has 0 heterocycles. The largest absolute Gasteiger partial charge is 0.324 e. The van der Waals surface area contributed by atoms with Gasteiger partial charge in [-0.05, 0) is 18.2 Å². The molecule has 3 atom stereocenters. The van der Waals surface area contributed by atoms with Crippen molar-refractivity contribution in [3.8, 4) is 0 Å².